The van der Waals surface area contributed by atoms with Gasteiger partial charge in [0.15, 0.2) is 0 Å². The van der Waals surface area contributed by atoms with Gasteiger partial charge in [0.05, 0.1) is 24.2 Å². The highest BCUT2D eigenvalue weighted by Gasteiger charge is 2.26. The first-order chi connectivity index (χ1) is 14.6. The number of nitro benzene ring substituents is 1. The molecule has 9 heteroatoms. The molecule has 9 nitrogen and oxygen atoms in total. The van der Waals surface area contributed by atoms with E-state index in [0.29, 0.717) is 43.3 Å². The van der Waals surface area contributed by atoms with E-state index < -0.39 is 0 Å². The van der Waals surface area contributed by atoms with Crippen LogP contribution in [0.3, 0.4) is 0 Å². The molecule has 0 spiro atoms. The molecule has 2 unspecified atom stereocenters. The number of unbranched alkanes of at least 4 members (excludes halogenated alkanes) is 3. The lowest BCUT2D eigenvalue weighted by Gasteiger charge is -2.36. The summed E-state index contributed by atoms with van der Waals surface area (Å²) in [5.74, 6) is 0.469. The molecule has 1 fully saturated rings. The molecule has 30 heavy (non-hydrogen) atoms. The normalized spacial score (nSPS) is 21.9. The summed E-state index contributed by atoms with van der Waals surface area (Å²) in [6, 6.07) is 5.10. The molecule has 3 rings (SSSR count). The molecule has 2 aliphatic heterocycles. The van der Waals surface area contributed by atoms with E-state index in [9.17, 15) is 20.3 Å². The van der Waals surface area contributed by atoms with Crippen LogP contribution in [-0.2, 0) is 4.74 Å². The van der Waals surface area contributed by atoms with Gasteiger partial charge in [-0.3, -0.25) is 15.0 Å². The van der Waals surface area contributed by atoms with Crippen LogP contribution in [-0.4, -0.2) is 77.5 Å². The average Bonchev–Trinajstić information content (AvgIpc) is 3.28. The summed E-state index contributed by atoms with van der Waals surface area (Å²) >= 11 is 0. The molecule has 0 radical (unpaired) electrons. The molecule has 1 aromatic rings. The van der Waals surface area contributed by atoms with Crippen molar-refractivity contribution in [3.63, 3.8) is 0 Å². The number of hydrogen-bond acceptors (Lipinski definition) is 8. The van der Waals surface area contributed by atoms with Gasteiger partial charge in [-0.1, -0.05) is 12.8 Å². The highest BCUT2D eigenvalue weighted by atomic mass is 16.6. The Kier molecular flexibility index (Phi) is 8.41. The van der Waals surface area contributed by atoms with Crippen LogP contribution >= 0.6 is 0 Å². The van der Waals surface area contributed by atoms with Gasteiger partial charge >= 0.3 is 0 Å². The molecule has 1 aromatic carbocycles. The van der Waals surface area contributed by atoms with Crippen molar-refractivity contribution in [3.05, 3.63) is 33.9 Å². The Morgan fingerprint density at radius 2 is 2.13 bits per heavy atom. The maximum absolute atomic E-state index is 11.4. The van der Waals surface area contributed by atoms with Crippen molar-refractivity contribution in [2.75, 3.05) is 44.7 Å². The van der Waals surface area contributed by atoms with Gasteiger partial charge in [-0.25, -0.2) is 4.99 Å². The average molecular weight is 421 g/mol. The number of aliphatic hydroxyl groups excluding tert-OH is 2. The molecule has 3 N–H and O–H groups in total. The van der Waals surface area contributed by atoms with Crippen molar-refractivity contribution >= 4 is 17.3 Å². The summed E-state index contributed by atoms with van der Waals surface area (Å²) in [5, 5.41) is 33.8. The summed E-state index contributed by atoms with van der Waals surface area (Å²) in [6.07, 6.45) is 5.21. The minimum absolute atomic E-state index is 0.0352. The van der Waals surface area contributed by atoms with E-state index in [4.69, 9.17) is 4.74 Å². The number of rotatable bonds is 11. The lowest BCUT2D eigenvalue weighted by atomic mass is 9.99. The number of piperidine rings is 1. The number of benzene rings is 1. The molecule has 0 saturated carbocycles. The van der Waals surface area contributed by atoms with Crippen LogP contribution in [0.2, 0.25) is 0 Å². The standard InChI is InChI=1S/C21H32N4O5/c26-15-17-14-18(27)7-11-24(17)10-4-2-1-3-8-22-19-6-5-16(13-20(19)25(28)29)21-23-9-12-30-21/h5-6,13,17-18,22,26-27H,1-4,7-12,14-15H2. The monoisotopic (exact) mass is 420 g/mol. The summed E-state index contributed by atoms with van der Waals surface area (Å²) in [4.78, 5) is 17.5. The third kappa shape index (κ3) is 6.13. The molecule has 0 amide bonds. The number of nitrogens with zero attached hydrogens (tertiary/aromatic N) is 3. The van der Waals surface area contributed by atoms with Crippen LogP contribution in [0, 0.1) is 10.1 Å². The first kappa shape index (κ1) is 22.5. The molecule has 2 aliphatic rings. The van der Waals surface area contributed by atoms with Gasteiger partial charge in [0.25, 0.3) is 5.69 Å². The van der Waals surface area contributed by atoms with E-state index >= 15 is 0 Å². The van der Waals surface area contributed by atoms with Crippen molar-refractivity contribution in [1.82, 2.24) is 4.90 Å². The SMILES string of the molecule is O=[N+]([O-])c1cc(C2=NCCO2)ccc1NCCCCCCN1CCC(O)CC1CO. The Morgan fingerprint density at radius 1 is 1.30 bits per heavy atom. The Morgan fingerprint density at radius 3 is 2.87 bits per heavy atom. The smallest absolute Gasteiger partial charge is 0.293 e. The third-order valence-electron chi connectivity index (χ3n) is 5.74. The maximum Gasteiger partial charge on any atom is 0.293 e. The van der Waals surface area contributed by atoms with E-state index in [1.807, 2.05) is 0 Å². The largest absolute Gasteiger partial charge is 0.476 e. The van der Waals surface area contributed by atoms with Gasteiger partial charge in [-0.15, -0.1) is 0 Å². The molecule has 1 saturated heterocycles. The Bertz CT molecular complexity index is 742. The van der Waals surface area contributed by atoms with Crippen molar-refractivity contribution in [1.29, 1.82) is 0 Å². The zero-order valence-corrected chi connectivity index (χ0v) is 17.3. The van der Waals surface area contributed by atoms with Gasteiger partial charge in [-0.2, -0.15) is 0 Å². The second-order valence-electron chi connectivity index (χ2n) is 7.92. The minimum atomic E-state index is -0.380. The highest BCUT2D eigenvalue weighted by Crippen LogP contribution is 2.27. The first-order valence-corrected chi connectivity index (χ1v) is 10.8. The molecule has 0 aromatic heterocycles. The predicted molar refractivity (Wildman–Crippen MR) is 115 cm³/mol. The van der Waals surface area contributed by atoms with E-state index in [2.05, 4.69) is 15.2 Å². The van der Waals surface area contributed by atoms with Crippen molar-refractivity contribution in [2.45, 2.75) is 50.7 Å². The maximum atomic E-state index is 11.4. The molecule has 0 bridgehead atoms. The number of aliphatic imine (C=N–C) groups is 1. The molecule has 166 valence electrons. The number of nitro groups is 1. The number of aliphatic hydroxyl groups is 2. The number of ether oxygens (including phenoxy) is 1. The quantitative estimate of drug-likeness (QED) is 0.285. The lowest BCUT2D eigenvalue weighted by Crippen LogP contribution is -2.46. The predicted octanol–water partition coefficient (Wildman–Crippen LogP) is 2.16. The molecule has 0 aliphatic carbocycles. The first-order valence-electron chi connectivity index (χ1n) is 10.8. The van der Waals surface area contributed by atoms with E-state index in [-0.39, 0.29) is 29.4 Å². The van der Waals surface area contributed by atoms with Crippen molar-refractivity contribution in [3.8, 4) is 0 Å². The third-order valence-corrected chi connectivity index (χ3v) is 5.74. The number of anilines is 1. The molecule has 2 atom stereocenters. The number of hydrogen-bond donors (Lipinski definition) is 3. The Hall–Kier alpha value is -2.23. The fourth-order valence-electron chi connectivity index (χ4n) is 4.05. The molecule has 2 heterocycles. The zero-order chi connectivity index (χ0) is 21.3. The van der Waals surface area contributed by atoms with Gasteiger partial charge in [-0.05, 0) is 44.4 Å². The van der Waals surface area contributed by atoms with Crippen LogP contribution in [0.1, 0.15) is 44.1 Å². The number of nitrogens with one attached hydrogen (secondary N) is 1. The molecular weight excluding hydrogens is 388 g/mol. The van der Waals surface area contributed by atoms with Crippen LogP contribution in [0.4, 0.5) is 11.4 Å². The summed E-state index contributed by atoms with van der Waals surface area (Å²) in [6.45, 7) is 3.65. The highest BCUT2D eigenvalue weighted by molar-refractivity contribution is 5.96. The van der Waals surface area contributed by atoms with Gasteiger partial charge < -0.3 is 20.3 Å². The van der Waals surface area contributed by atoms with Crippen LogP contribution in [0.25, 0.3) is 0 Å². The summed E-state index contributed by atoms with van der Waals surface area (Å²) < 4.78 is 5.39. The zero-order valence-electron chi connectivity index (χ0n) is 17.3. The van der Waals surface area contributed by atoms with E-state index in [0.717, 1.165) is 45.2 Å². The Balaban J connectivity index is 1.37. The lowest BCUT2D eigenvalue weighted by molar-refractivity contribution is -0.384. The van der Waals surface area contributed by atoms with Gasteiger partial charge in [0.2, 0.25) is 5.90 Å². The van der Waals surface area contributed by atoms with Crippen LogP contribution in [0.5, 0.6) is 0 Å². The van der Waals surface area contributed by atoms with Gasteiger partial charge in [0.1, 0.15) is 12.3 Å². The summed E-state index contributed by atoms with van der Waals surface area (Å²) in [5.41, 5.74) is 1.18. The Labute approximate surface area is 176 Å². The van der Waals surface area contributed by atoms with Crippen molar-refractivity contribution < 1.29 is 19.9 Å². The fraction of sp³-hybridized carbons (Fsp3) is 0.667. The van der Waals surface area contributed by atoms with Gasteiger partial charge in [0, 0.05) is 30.8 Å². The van der Waals surface area contributed by atoms with Crippen LogP contribution < -0.4 is 5.32 Å². The van der Waals surface area contributed by atoms with E-state index in [1.54, 1.807) is 12.1 Å². The second-order valence-corrected chi connectivity index (χ2v) is 7.92. The topological polar surface area (TPSA) is 120 Å². The van der Waals surface area contributed by atoms with Crippen LogP contribution in [0.15, 0.2) is 23.2 Å². The fourth-order valence-corrected chi connectivity index (χ4v) is 4.05. The summed E-state index contributed by atoms with van der Waals surface area (Å²) in [7, 11) is 0. The molecular formula is C21H32N4O5. The minimum Gasteiger partial charge on any atom is -0.476 e. The van der Waals surface area contributed by atoms with Crippen molar-refractivity contribution in [2.24, 2.45) is 4.99 Å². The number of likely N-dealkylation sites (tertiary alicyclic amines) is 1. The van der Waals surface area contributed by atoms with E-state index in [1.165, 1.54) is 6.07 Å². The second kappa shape index (κ2) is 11.2.